The van der Waals surface area contributed by atoms with Crippen molar-refractivity contribution in [1.29, 1.82) is 0 Å². The van der Waals surface area contributed by atoms with Crippen LogP contribution in [-0.2, 0) is 9.59 Å². The van der Waals surface area contributed by atoms with Gasteiger partial charge in [-0.15, -0.1) is 0 Å². The smallest absolute Gasteiger partial charge is 0.246 e. The molecule has 2 atom stereocenters. The molecule has 2 amide bonds. The van der Waals surface area contributed by atoms with Gasteiger partial charge in [0.2, 0.25) is 11.8 Å². The Morgan fingerprint density at radius 3 is 1.38 bits per heavy atom. The van der Waals surface area contributed by atoms with E-state index in [-0.39, 0.29) is 23.9 Å². The van der Waals surface area contributed by atoms with Gasteiger partial charge in [-0.25, -0.2) is 0 Å². The second kappa shape index (κ2) is 10.7. The Morgan fingerprint density at radius 2 is 1.06 bits per heavy atom. The molecule has 1 fully saturated rings. The quantitative estimate of drug-likeness (QED) is 0.648. The molecule has 32 heavy (non-hydrogen) atoms. The number of hydrogen-bond acceptors (Lipinski definition) is 4. The lowest BCUT2D eigenvalue weighted by atomic mass is 10.1. The summed E-state index contributed by atoms with van der Waals surface area (Å²) in [6.45, 7) is 4.93. The molecule has 0 aromatic heterocycles. The first-order chi connectivity index (χ1) is 15.4. The topological polar surface area (TPSA) is 59.1 Å². The number of rotatable bonds is 6. The zero-order valence-electron chi connectivity index (χ0n) is 19.0. The molecule has 1 aliphatic rings. The fraction of sp³-hybridized carbons (Fsp3) is 0.308. The highest BCUT2D eigenvalue weighted by Crippen LogP contribution is 2.18. The van der Waals surface area contributed by atoms with Crippen LogP contribution in [0.25, 0.3) is 12.2 Å². The monoisotopic (exact) mass is 434 g/mol. The summed E-state index contributed by atoms with van der Waals surface area (Å²) in [5.41, 5.74) is 1.86. The molecule has 168 valence electrons. The van der Waals surface area contributed by atoms with Gasteiger partial charge in [-0.3, -0.25) is 9.59 Å². The van der Waals surface area contributed by atoms with Crippen LogP contribution in [0.5, 0.6) is 11.5 Å². The van der Waals surface area contributed by atoms with Gasteiger partial charge < -0.3 is 19.3 Å². The van der Waals surface area contributed by atoms with Gasteiger partial charge in [0.05, 0.1) is 14.2 Å². The van der Waals surface area contributed by atoms with Crippen molar-refractivity contribution in [3.05, 3.63) is 71.8 Å². The Balaban J connectivity index is 1.59. The van der Waals surface area contributed by atoms with Gasteiger partial charge in [0, 0.05) is 37.3 Å². The molecule has 0 spiro atoms. The number of carbonyl (C=O) groups is 2. The second-order valence-electron chi connectivity index (χ2n) is 7.89. The van der Waals surface area contributed by atoms with Crippen molar-refractivity contribution in [1.82, 2.24) is 9.80 Å². The van der Waals surface area contributed by atoms with Crippen LogP contribution in [0.2, 0.25) is 0 Å². The van der Waals surface area contributed by atoms with E-state index in [0.717, 1.165) is 22.6 Å². The van der Waals surface area contributed by atoms with E-state index in [4.69, 9.17) is 9.47 Å². The molecule has 1 saturated heterocycles. The number of nitrogens with zero attached hydrogens (tertiary/aromatic N) is 2. The number of hydrogen-bond donors (Lipinski definition) is 0. The molecule has 0 radical (unpaired) electrons. The summed E-state index contributed by atoms with van der Waals surface area (Å²) in [4.78, 5) is 29.2. The van der Waals surface area contributed by atoms with Gasteiger partial charge in [0.1, 0.15) is 11.5 Å². The SMILES string of the molecule is COc1ccc(/C=C/C(=O)N2C[C@@H](C)N(C(=O)/C=C/c3ccc(OC)cc3)C[C@H]2C)cc1. The molecule has 0 bridgehead atoms. The van der Waals surface area contributed by atoms with Gasteiger partial charge in [0.15, 0.2) is 0 Å². The predicted molar refractivity (Wildman–Crippen MR) is 126 cm³/mol. The van der Waals surface area contributed by atoms with Crippen LogP contribution in [0.4, 0.5) is 0 Å². The van der Waals surface area contributed by atoms with Crippen LogP contribution in [0.1, 0.15) is 25.0 Å². The Bertz CT molecular complexity index is 898. The normalized spacial score (nSPS) is 18.9. The predicted octanol–water partition coefficient (Wildman–Crippen LogP) is 3.88. The van der Waals surface area contributed by atoms with Gasteiger partial charge in [-0.1, -0.05) is 24.3 Å². The third-order valence-corrected chi connectivity index (χ3v) is 5.62. The summed E-state index contributed by atoms with van der Waals surface area (Å²) in [6, 6.07) is 14.9. The first-order valence-electron chi connectivity index (χ1n) is 10.7. The highest BCUT2D eigenvalue weighted by Gasteiger charge is 2.32. The first kappa shape index (κ1) is 23.1. The van der Waals surface area contributed by atoms with Crippen LogP contribution in [-0.4, -0.2) is 61.0 Å². The lowest BCUT2D eigenvalue weighted by molar-refractivity contribution is -0.139. The number of carbonyl (C=O) groups excluding carboxylic acids is 2. The van der Waals surface area contributed by atoms with Crippen LogP contribution < -0.4 is 9.47 Å². The third kappa shape index (κ3) is 5.78. The van der Waals surface area contributed by atoms with Gasteiger partial charge in [0.25, 0.3) is 0 Å². The average Bonchev–Trinajstić information content (AvgIpc) is 2.82. The standard InChI is InChI=1S/C26H30N2O4/c1-19-17-28(26(30)16-10-22-7-13-24(32-4)14-8-22)20(2)18-27(19)25(29)15-9-21-5-11-23(31-3)12-6-21/h5-16,19-20H,17-18H2,1-4H3/b15-9+,16-10+/t19-,20-/m1/s1. The van der Waals surface area contributed by atoms with Gasteiger partial charge >= 0.3 is 0 Å². The maximum atomic E-state index is 12.8. The van der Waals surface area contributed by atoms with Crippen molar-refractivity contribution in [2.75, 3.05) is 27.3 Å². The third-order valence-electron chi connectivity index (χ3n) is 5.62. The molecule has 2 aromatic carbocycles. The van der Waals surface area contributed by atoms with Crippen molar-refractivity contribution >= 4 is 24.0 Å². The highest BCUT2D eigenvalue weighted by atomic mass is 16.5. The molecule has 3 rings (SSSR count). The van der Waals surface area contributed by atoms with E-state index in [0.29, 0.717) is 13.1 Å². The Kier molecular flexibility index (Phi) is 7.71. The highest BCUT2D eigenvalue weighted by molar-refractivity contribution is 5.94. The largest absolute Gasteiger partial charge is 0.497 e. The lowest BCUT2D eigenvalue weighted by Crippen LogP contribution is -2.59. The minimum absolute atomic E-state index is 0.0546. The van der Waals surface area contributed by atoms with Crippen molar-refractivity contribution in [2.24, 2.45) is 0 Å². The van der Waals surface area contributed by atoms with Crippen LogP contribution in [0.3, 0.4) is 0 Å². The molecule has 1 heterocycles. The zero-order chi connectivity index (χ0) is 23.1. The van der Waals surface area contributed by atoms with E-state index in [1.165, 1.54) is 0 Å². The molecule has 0 unspecified atom stereocenters. The van der Waals surface area contributed by atoms with Gasteiger partial charge in [-0.2, -0.15) is 0 Å². The zero-order valence-corrected chi connectivity index (χ0v) is 19.0. The Labute approximate surface area is 189 Å². The Hall–Kier alpha value is -3.54. The molecular formula is C26H30N2O4. The maximum absolute atomic E-state index is 12.8. The molecule has 1 aliphatic heterocycles. The summed E-state index contributed by atoms with van der Waals surface area (Å²) >= 11 is 0. The molecule has 0 N–H and O–H groups in total. The summed E-state index contributed by atoms with van der Waals surface area (Å²) in [6.07, 6.45) is 6.78. The molecule has 0 aliphatic carbocycles. The van der Waals surface area contributed by atoms with Crippen molar-refractivity contribution < 1.29 is 19.1 Å². The van der Waals surface area contributed by atoms with Gasteiger partial charge in [-0.05, 0) is 61.4 Å². The maximum Gasteiger partial charge on any atom is 0.246 e. The van der Waals surface area contributed by atoms with E-state index >= 15 is 0 Å². The van der Waals surface area contributed by atoms with Crippen LogP contribution in [0, 0.1) is 0 Å². The second-order valence-corrected chi connectivity index (χ2v) is 7.89. The molecule has 0 saturated carbocycles. The lowest BCUT2D eigenvalue weighted by Gasteiger charge is -2.43. The summed E-state index contributed by atoms with van der Waals surface area (Å²) < 4.78 is 10.3. The van der Waals surface area contributed by atoms with E-state index in [9.17, 15) is 9.59 Å². The van der Waals surface area contributed by atoms with E-state index in [1.807, 2.05) is 72.2 Å². The number of benzene rings is 2. The molecule has 6 nitrogen and oxygen atoms in total. The van der Waals surface area contributed by atoms with E-state index < -0.39 is 0 Å². The number of ether oxygens (including phenoxy) is 2. The van der Waals surface area contributed by atoms with Crippen LogP contribution >= 0.6 is 0 Å². The number of piperazine rings is 1. The molecule has 6 heteroatoms. The van der Waals surface area contributed by atoms with Crippen LogP contribution in [0.15, 0.2) is 60.7 Å². The van der Waals surface area contributed by atoms with Crippen molar-refractivity contribution in [3.63, 3.8) is 0 Å². The minimum atomic E-state index is -0.0717. The van der Waals surface area contributed by atoms with E-state index in [2.05, 4.69) is 0 Å². The number of methoxy groups -OCH3 is 2. The van der Waals surface area contributed by atoms with E-state index in [1.54, 1.807) is 38.5 Å². The summed E-state index contributed by atoms with van der Waals surface area (Å²) in [7, 11) is 3.24. The summed E-state index contributed by atoms with van der Waals surface area (Å²) in [5, 5.41) is 0. The summed E-state index contributed by atoms with van der Waals surface area (Å²) in [5.74, 6) is 1.44. The average molecular weight is 435 g/mol. The van der Waals surface area contributed by atoms with Crippen molar-refractivity contribution in [3.8, 4) is 11.5 Å². The fourth-order valence-electron chi connectivity index (χ4n) is 3.70. The Morgan fingerprint density at radius 1 is 0.719 bits per heavy atom. The van der Waals surface area contributed by atoms with Crippen molar-refractivity contribution in [2.45, 2.75) is 25.9 Å². The fourth-order valence-corrected chi connectivity index (χ4v) is 3.70. The minimum Gasteiger partial charge on any atom is -0.497 e. The first-order valence-corrected chi connectivity index (χ1v) is 10.7. The molecule has 2 aromatic rings. The number of amides is 2. The molecular weight excluding hydrogens is 404 g/mol.